The van der Waals surface area contributed by atoms with E-state index in [1.807, 2.05) is 0 Å². The van der Waals surface area contributed by atoms with Crippen LogP contribution in [0.5, 0.6) is 0 Å². The fourth-order valence-electron chi connectivity index (χ4n) is 6.66. The maximum Gasteiger partial charge on any atom is 0.200 e. The van der Waals surface area contributed by atoms with Gasteiger partial charge in [-0.15, -0.1) is 0 Å². The Hall–Kier alpha value is -3.93. The lowest BCUT2D eigenvalue weighted by molar-refractivity contribution is 0.168. The fraction of sp³-hybridized carbons (Fsp3) is 0.265. The molecule has 0 aromatic heterocycles. The van der Waals surface area contributed by atoms with Crippen LogP contribution in [0.15, 0.2) is 126 Å². The smallest absolute Gasteiger partial charge is 0.200 e. The molecule has 6 rings (SSSR count). The van der Waals surface area contributed by atoms with E-state index in [0.717, 1.165) is 5.96 Å². The van der Waals surface area contributed by atoms with Crippen molar-refractivity contribution in [2.75, 3.05) is 28.2 Å². The lowest BCUT2D eigenvalue weighted by atomic mass is 9.93. The molecule has 0 spiro atoms. The van der Waals surface area contributed by atoms with Crippen LogP contribution in [0.1, 0.15) is 46.4 Å². The number of benzene rings is 4. The van der Waals surface area contributed by atoms with Crippen LogP contribution in [0.3, 0.4) is 0 Å². The van der Waals surface area contributed by atoms with E-state index in [0.29, 0.717) is 0 Å². The zero-order valence-electron chi connectivity index (χ0n) is 23.2. The first-order valence-electron chi connectivity index (χ1n) is 13.7. The Kier molecular flexibility index (Phi) is 6.94. The third-order valence-electron chi connectivity index (χ3n) is 8.47. The number of hydrogen-bond donors (Lipinski definition) is 0. The maximum atomic E-state index is 5.52. The van der Waals surface area contributed by atoms with Crippen LogP contribution in [0.25, 0.3) is 0 Å². The topological polar surface area (TPSA) is 25.3 Å². The van der Waals surface area contributed by atoms with E-state index in [4.69, 9.17) is 4.99 Å². The molecule has 2 heterocycles. The molecule has 0 N–H and O–H groups in total. The summed E-state index contributed by atoms with van der Waals surface area (Å²) in [6.07, 6.45) is -0.119. The lowest BCUT2D eigenvalue weighted by Crippen LogP contribution is -2.38. The van der Waals surface area contributed by atoms with Gasteiger partial charge in [0.1, 0.15) is 0 Å². The van der Waals surface area contributed by atoms with Gasteiger partial charge in [-0.25, -0.2) is 4.99 Å². The Morgan fingerprint density at radius 3 is 1.00 bits per heavy atom. The molecule has 0 aliphatic carbocycles. The second kappa shape index (κ2) is 10.7. The maximum absolute atomic E-state index is 5.52. The molecule has 2 saturated heterocycles. The van der Waals surface area contributed by atoms with Crippen LogP contribution in [-0.2, 0) is 0 Å². The third kappa shape index (κ3) is 4.52. The summed E-state index contributed by atoms with van der Waals surface area (Å²) in [4.78, 5) is 15.1. The van der Waals surface area contributed by atoms with Gasteiger partial charge < -0.3 is 9.80 Å². The molecular formula is C34H37N5. The predicted octanol–water partition coefficient (Wildman–Crippen LogP) is 6.35. The zero-order valence-corrected chi connectivity index (χ0v) is 23.2. The van der Waals surface area contributed by atoms with Crippen LogP contribution in [0.2, 0.25) is 0 Å². The third-order valence-corrected chi connectivity index (χ3v) is 8.47. The van der Waals surface area contributed by atoms with Crippen molar-refractivity contribution in [2.24, 2.45) is 4.99 Å². The van der Waals surface area contributed by atoms with Gasteiger partial charge in [0.2, 0.25) is 0 Å². The number of hydrogen-bond acceptors (Lipinski definition) is 3. The number of nitrogens with zero attached hydrogens (tertiary/aromatic N) is 5. The highest BCUT2D eigenvalue weighted by Gasteiger charge is 2.47. The summed E-state index contributed by atoms with van der Waals surface area (Å²) >= 11 is 0. The second-order valence-corrected chi connectivity index (χ2v) is 10.8. The largest absolute Gasteiger partial charge is 0.336 e. The quantitative estimate of drug-likeness (QED) is 0.309. The Morgan fingerprint density at radius 2 is 0.692 bits per heavy atom. The van der Waals surface area contributed by atoms with Crippen molar-refractivity contribution in [2.45, 2.75) is 30.5 Å². The van der Waals surface area contributed by atoms with Crippen molar-refractivity contribution in [3.05, 3.63) is 144 Å². The molecular weight excluding hydrogens is 478 g/mol. The summed E-state index contributed by atoms with van der Waals surface area (Å²) in [5, 5.41) is 0. The van der Waals surface area contributed by atoms with Gasteiger partial charge in [0.15, 0.2) is 12.2 Å². The van der Waals surface area contributed by atoms with E-state index in [1.54, 1.807) is 0 Å². The average Bonchev–Trinajstić information content (AvgIpc) is 3.39. The highest BCUT2D eigenvalue weighted by atomic mass is 15.5. The van der Waals surface area contributed by atoms with Crippen LogP contribution in [0.4, 0.5) is 0 Å². The van der Waals surface area contributed by atoms with E-state index >= 15 is 0 Å². The molecule has 5 heteroatoms. The van der Waals surface area contributed by atoms with Crippen molar-refractivity contribution >= 4 is 5.96 Å². The summed E-state index contributed by atoms with van der Waals surface area (Å²) in [6.45, 7) is 0. The molecule has 0 bridgehead atoms. The van der Waals surface area contributed by atoms with Crippen molar-refractivity contribution in [1.82, 2.24) is 19.6 Å². The van der Waals surface area contributed by atoms with Crippen molar-refractivity contribution in [3.8, 4) is 0 Å². The molecule has 0 amide bonds. The van der Waals surface area contributed by atoms with Crippen LogP contribution in [-0.4, -0.2) is 60.0 Å². The summed E-state index contributed by atoms with van der Waals surface area (Å²) in [5.74, 6) is 1.00. The van der Waals surface area contributed by atoms with Crippen LogP contribution >= 0.6 is 0 Å². The standard InChI is InChI=1S/C34H37N5/c1-36-29(25-17-9-5-10-18-25)30(26-19-11-6-12-20-26)37(2)33(36)35-34-38(3)31(27-21-13-7-14-22-27)32(39(34)4)28-23-15-8-16-24-28/h5-24,29-33H,1-4H3/t29-,30-,31-,32-/m0/s1. The molecule has 4 atom stereocenters. The number of aliphatic imine (C=N–C) groups is 1. The van der Waals surface area contributed by atoms with Crippen molar-refractivity contribution < 1.29 is 0 Å². The number of rotatable bonds is 5. The SMILES string of the molecule is CN1C(=NC2N(C)[C@@H](c3ccccc3)[C@H](c3ccccc3)N2C)N(C)[C@@H](c2ccccc2)[C@@H]1c1ccccc1. The molecule has 0 radical (unpaired) electrons. The van der Waals surface area contributed by atoms with Gasteiger partial charge in [0.05, 0.1) is 24.2 Å². The highest BCUT2D eigenvalue weighted by molar-refractivity contribution is 5.83. The van der Waals surface area contributed by atoms with Crippen LogP contribution in [0, 0.1) is 0 Å². The van der Waals surface area contributed by atoms with E-state index in [2.05, 4.69) is 169 Å². The summed E-state index contributed by atoms with van der Waals surface area (Å²) in [5.41, 5.74) is 5.20. The molecule has 2 aliphatic heterocycles. The Labute approximate surface area is 232 Å². The van der Waals surface area contributed by atoms with Gasteiger partial charge >= 0.3 is 0 Å². The molecule has 0 unspecified atom stereocenters. The average molecular weight is 516 g/mol. The normalized spacial score (nSPS) is 24.5. The molecule has 4 aromatic rings. The molecule has 4 aromatic carbocycles. The van der Waals surface area contributed by atoms with E-state index in [1.165, 1.54) is 22.3 Å². The van der Waals surface area contributed by atoms with Gasteiger partial charge in [-0.1, -0.05) is 121 Å². The minimum Gasteiger partial charge on any atom is -0.336 e. The van der Waals surface area contributed by atoms with Gasteiger partial charge in [0, 0.05) is 14.1 Å². The molecule has 2 aliphatic rings. The summed E-state index contributed by atoms with van der Waals surface area (Å²) < 4.78 is 0. The monoisotopic (exact) mass is 515 g/mol. The molecule has 5 nitrogen and oxygen atoms in total. The predicted molar refractivity (Wildman–Crippen MR) is 159 cm³/mol. The van der Waals surface area contributed by atoms with E-state index in [-0.39, 0.29) is 30.5 Å². The summed E-state index contributed by atoms with van der Waals surface area (Å²) in [7, 11) is 8.80. The van der Waals surface area contributed by atoms with E-state index in [9.17, 15) is 0 Å². The Morgan fingerprint density at radius 1 is 0.410 bits per heavy atom. The minimum absolute atomic E-state index is 0.119. The summed E-state index contributed by atoms with van der Waals surface area (Å²) in [6, 6.07) is 44.0. The molecule has 0 saturated carbocycles. The first-order chi connectivity index (χ1) is 19.1. The van der Waals surface area contributed by atoms with Gasteiger partial charge in [-0.2, -0.15) is 0 Å². The van der Waals surface area contributed by atoms with Gasteiger partial charge in [0.25, 0.3) is 0 Å². The van der Waals surface area contributed by atoms with Crippen molar-refractivity contribution in [1.29, 1.82) is 0 Å². The second-order valence-electron chi connectivity index (χ2n) is 10.8. The Bertz CT molecular complexity index is 1290. The van der Waals surface area contributed by atoms with Gasteiger partial charge in [-0.05, 0) is 36.3 Å². The fourth-order valence-corrected chi connectivity index (χ4v) is 6.66. The first kappa shape index (κ1) is 25.4. The van der Waals surface area contributed by atoms with Crippen LogP contribution < -0.4 is 0 Å². The van der Waals surface area contributed by atoms with Gasteiger partial charge in [-0.3, -0.25) is 9.80 Å². The van der Waals surface area contributed by atoms with Crippen molar-refractivity contribution in [3.63, 3.8) is 0 Å². The number of likely N-dealkylation sites (N-methyl/N-ethyl adjacent to an activating group) is 4. The number of guanidine groups is 1. The lowest BCUT2D eigenvalue weighted by Gasteiger charge is -2.27. The zero-order chi connectivity index (χ0) is 26.9. The highest BCUT2D eigenvalue weighted by Crippen LogP contribution is 2.47. The minimum atomic E-state index is -0.119. The molecule has 2 fully saturated rings. The first-order valence-corrected chi connectivity index (χ1v) is 13.7. The molecule has 39 heavy (non-hydrogen) atoms. The van der Waals surface area contributed by atoms with E-state index < -0.39 is 0 Å². The molecule has 198 valence electrons. The Balaban J connectivity index is 1.43.